The number of piperazine rings is 1. The van der Waals surface area contributed by atoms with Gasteiger partial charge in [0.2, 0.25) is 5.95 Å². The average molecular weight is 354 g/mol. The first-order valence-corrected chi connectivity index (χ1v) is 8.94. The third kappa shape index (κ3) is 4.39. The Morgan fingerprint density at radius 2 is 1.96 bits per heavy atom. The monoisotopic (exact) mass is 354 g/mol. The van der Waals surface area contributed by atoms with Gasteiger partial charge in [-0.15, -0.1) is 6.58 Å². The van der Waals surface area contributed by atoms with E-state index in [9.17, 15) is 4.79 Å². The highest BCUT2D eigenvalue weighted by Crippen LogP contribution is 2.14. The van der Waals surface area contributed by atoms with E-state index in [-0.39, 0.29) is 5.56 Å². The lowest BCUT2D eigenvalue weighted by molar-refractivity contribution is 0.180. The summed E-state index contributed by atoms with van der Waals surface area (Å²) in [6, 6.07) is 10.5. The van der Waals surface area contributed by atoms with Crippen molar-refractivity contribution in [1.82, 2.24) is 14.9 Å². The van der Waals surface area contributed by atoms with Crippen LogP contribution < -0.4 is 10.5 Å². The molecule has 0 atom stereocenters. The highest BCUT2D eigenvalue weighted by Gasteiger charge is 2.20. The summed E-state index contributed by atoms with van der Waals surface area (Å²) in [5.41, 5.74) is 2.54. The second-order valence-corrected chi connectivity index (χ2v) is 6.49. The van der Waals surface area contributed by atoms with Crippen LogP contribution in [0, 0.1) is 0 Å². The van der Waals surface area contributed by atoms with Crippen molar-refractivity contribution in [1.29, 1.82) is 0 Å². The molecule has 26 heavy (non-hydrogen) atoms. The first-order valence-electron chi connectivity index (χ1n) is 8.94. The van der Waals surface area contributed by atoms with Gasteiger partial charge in [-0.05, 0) is 12.0 Å². The number of anilines is 1. The van der Waals surface area contributed by atoms with Gasteiger partial charge in [0, 0.05) is 45.4 Å². The Morgan fingerprint density at radius 3 is 2.62 bits per heavy atom. The molecule has 6 heteroatoms. The Hall–Kier alpha value is -2.44. The summed E-state index contributed by atoms with van der Waals surface area (Å²) in [5, 5.41) is 0. The first-order chi connectivity index (χ1) is 12.7. The van der Waals surface area contributed by atoms with E-state index in [0.717, 1.165) is 32.7 Å². The fourth-order valence-electron chi connectivity index (χ4n) is 3.25. The van der Waals surface area contributed by atoms with E-state index in [0.29, 0.717) is 30.2 Å². The summed E-state index contributed by atoms with van der Waals surface area (Å²) in [7, 11) is 1.61. The summed E-state index contributed by atoms with van der Waals surface area (Å²) >= 11 is 0. The maximum Gasteiger partial charge on any atom is 0.256 e. The van der Waals surface area contributed by atoms with E-state index in [1.54, 1.807) is 13.2 Å². The number of aromatic amines is 1. The molecule has 0 bridgehead atoms. The Labute approximate surface area is 154 Å². The fourth-order valence-corrected chi connectivity index (χ4v) is 3.25. The molecule has 1 aromatic carbocycles. The van der Waals surface area contributed by atoms with Crippen LogP contribution in [0.5, 0.6) is 0 Å². The quantitative estimate of drug-likeness (QED) is 0.771. The van der Waals surface area contributed by atoms with Gasteiger partial charge in [-0.25, -0.2) is 4.98 Å². The Bertz CT molecular complexity index is 780. The van der Waals surface area contributed by atoms with Crippen LogP contribution in [0.3, 0.4) is 0 Å². The molecule has 1 N–H and O–H groups in total. The summed E-state index contributed by atoms with van der Waals surface area (Å²) in [6.07, 6.45) is 2.21. The smallest absolute Gasteiger partial charge is 0.256 e. The molecule has 1 aliphatic rings. The van der Waals surface area contributed by atoms with Crippen LogP contribution in [0.15, 0.2) is 47.8 Å². The Balaban J connectivity index is 1.69. The van der Waals surface area contributed by atoms with Crippen molar-refractivity contribution in [2.45, 2.75) is 19.6 Å². The van der Waals surface area contributed by atoms with Gasteiger partial charge in [-0.1, -0.05) is 36.4 Å². The number of rotatable bonds is 7. The molecule has 6 nitrogen and oxygen atoms in total. The standard InChI is InChI=1S/C20H26N4O2/c1-3-7-17-18(15-26-2)21-20(22-19(17)25)24-12-10-23(11-13-24)14-16-8-5-4-6-9-16/h3-6,8-9H,1,7,10-15H2,2H3,(H,21,22,25). The van der Waals surface area contributed by atoms with Crippen molar-refractivity contribution in [3.05, 3.63) is 70.2 Å². The number of hydrogen-bond acceptors (Lipinski definition) is 5. The van der Waals surface area contributed by atoms with Gasteiger partial charge in [-0.2, -0.15) is 0 Å². The van der Waals surface area contributed by atoms with Crippen LogP contribution >= 0.6 is 0 Å². The van der Waals surface area contributed by atoms with Crippen molar-refractivity contribution in [3.63, 3.8) is 0 Å². The van der Waals surface area contributed by atoms with Gasteiger partial charge in [0.05, 0.1) is 12.3 Å². The number of nitrogens with zero attached hydrogens (tertiary/aromatic N) is 3. The topological polar surface area (TPSA) is 61.5 Å². The van der Waals surface area contributed by atoms with Crippen molar-refractivity contribution in [2.24, 2.45) is 0 Å². The number of aromatic nitrogens is 2. The van der Waals surface area contributed by atoms with E-state index in [1.807, 2.05) is 6.07 Å². The molecule has 0 aliphatic carbocycles. The van der Waals surface area contributed by atoms with Gasteiger partial charge in [0.15, 0.2) is 0 Å². The zero-order valence-electron chi connectivity index (χ0n) is 15.3. The molecule has 3 rings (SSSR count). The van der Waals surface area contributed by atoms with Crippen molar-refractivity contribution >= 4 is 5.95 Å². The summed E-state index contributed by atoms with van der Waals surface area (Å²) in [4.78, 5) is 24.6. The highest BCUT2D eigenvalue weighted by atomic mass is 16.5. The van der Waals surface area contributed by atoms with Crippen LogP contribution in [-0.4, -0.2) is 48.2 Å². The normalized spacial score (nSPS) is 15.2. The molecular weight excluding hydrogens is 328 g/mol. The van der Waals surface area contributed by atoms with Crippen molar-refractivity contribution in [3.8, 4) is 0 Å². The third-order valence-electron chi connectivity index (χ3n) is 4.64. The zero-order valence-corrected chi connectivity index (χ0v) is 15.3. The number of H-pyrrole nitrogens is 1. The van der Waals surface area contributed by atoms with E-state index >= 15 is 0 Å². The first kappa shape index (κ1) is 18.4. The molecule has 0 spiro atoms. The van der Waals surface area contributed by atoms with Gasteiger partial charge in [0.25, 0.3) is 5.56 Å². The molecule has 1 saturated heterocycles. The van der Waals surface area contributed by atoms with E-state index < -0.39 is 0 Å². The predicted molar refractivity (Wildman–Crippen MR) is 103 cm³/mol. The van der Waals surface area contributed by atoms with Crippen LogP contribution in [0.1, 0.15) is 16.8 Å². The second-order valence-electron chi connectivity index (χ2n) is 6.49. The Kier molecular flexibility index (Phi) is 6.20. The molecule has 1 aliphatic heterocycles. The van der Waals surface area contributed by atoms with Gasteiger partial charge < -0.3 is 9.64 Å². The number of hydrogen-bond donors (Lipinski definition) is 1. The number of ether oxygens (including phenoxy) is 1. The predicted octanol–water partition coefficient (Wildman–Crippen LogP) is 1.97. The molecule has 0 radical (unpaired) electrons. The molecule has 1 fully saturated rings. The maximum atomic E-state index is 12.4. The Morgan fingerprint density at radius 1 is 1.23 bits per heavy atom. The van der Waals surface area contributed by atoms with Crippen molar-refractivity contribution in [2.75, 3.05) is 38.2 Å². The average Bonchev–Trinajstić information content (AvgIpc) is 2.66. The summed E-state index contributed by atoms with van der Waals surface area (Å²) in [5.74, 6) is 0.634. The second kappa shape index (κ2) is 8.78. The van der Waals surface area contributed by atoms with Gasteiger partial charge in [0.1, 0.15) is 0 Å². The summed E-state index contributed by atoms with van der Waals surface area (Å²) < 4.78 is 5.22. The lowest BCUT2D eigenvalue weighted by Gasteiger charge is -2.35. The highest BCUT2D eigenvalue weighted by molar-refractivity contribution is 5.34. The number of methoxy groups -OCH3 is 1. The molecule has 1 aromatic heterocycles. The van der Waals surface area contributed by atoms with Gasteiger partial charge in [-0.3, -0.25) is 14.7 Å². The largest absolute Gasteiger partial charge is 0.378 e. The van der Waals surface area contributed by atoms with Crippen LogP contribution in [-0.2, 0) is 24.3 Å². The molecule has 2 heterocycles. The third-order valence-corrected chi connectivity index (χ3v) is 4.64. The van der Waals surface area contributed by atoms with Gasteiger partial charge >= 0.3 is 0 Å². The van der Waals surface area contributed by atoms with E-state index in [1.165, 1.54) is 5.56 Å². The summed E-state index contributed by atoms with van der Waals surface area (Å²) in [6.45, 7) is 8.54. The lowest BCUT2D eigenvalue weighted by Crippen LogP contribution is -2.47. The fraction of sp³-hybridized carbons (Fsp3) is 0.400. The van der Waals surface area contributed by atoms with Crippen LogP contribution in [0.2, 0.25) is 0 Å². The number of nitrogens with one attached hydrogen (secondary N) is 1. The molecule has 0 amide bonds. The molecule has 2 aromatic rings. The van der Waals surface area contributed by atoms with E-state index in [2.05, 4.69) is 50.6 Å². The SMILES string of the molecule is C=CCc1c(COC)nc(N2CCN(Cc3ccccc3)CC2)[nH]c1=O. The minimum Gasteiger partial charge on any atom is -0.378 e. The minimum atomic E-state index is -0.103. The van der Waals surface area contributed by atoms with Crippen LogP contribution in [0.25, 0.3) is 0 Å². The maximum absolute atomic E-state index is 12.4. The zero-order chi connectivity index (χ0) is 18.4. The molecule has 138 valence electrons. The lowest BCUT2D eigenvalue weighted by atomic mass is 10.1. The van der Waals surface area contributed by atoms with E-state index in [4.69, 9.17) is 4.74 Å². The molecule has 0 saturated carbocycles. The number of allylic oxidation sites excluding steroid dienone is 1. The molecule has 0 unspecified atom stereocenters. The molecular formula is C20H26N4O2. The minimum absolute atomic E-state index is 0.103. The van der Waals surface area contributed by atoms with Crippen LogP contribution in [0.4, 0.5) is 5.95 Å². The number of benzene rings is 1. The van der Waals surface area contributed by atoms with Crippen molar-refractivity contribution < 1.29 is 4.74 Å².